The Hall–Kier alpha value is -0.960. The number of hydrogen-bond donors (Lipinski definition) is 1. The van der Waals surface area contributed by atoms with Crippen LogP contribution in [0.2, 0.25) is 0 Å². The van der Waals surface area contributed by atoms with Crippen molar-refractivity contribution in [3.63, 3.8) is 0 Å². The van der Waals surface area contributed by atoms with Crippen LogP contribution in [0.4, 0.5) is 13.6 Å². The quantitative estimate of drug-likeness (QED) is 0.469. The molecule has 1 aliphatic carbocycles. The minimum Gasteiger partial charge on any atom is -0.743 e. The van der Waals surface area contributed by atoms with Crippen LogP contribution in [0, 0.1) is 0 Å². The fraction of sp³-hybridized carbons (Fsp3) is 0.933. The molecule has 1 fully saturated rings. The molecule has 0 atom stereocenters. The van der Waals surface area contributed by atoms with E-state index in [2.05, 4.69) is 5.32 Å². The number of nitrogens with one attached hydrogen (secondary N) is 1. The van der Waals surface area contributed by atoms with Crippen LogP contribution in [0.25, 0.3) is 0 Å². The second kappa shape index (κ2) is 10.1. The number of hydrogen-bond acceptors (Lipinski definition) is 5. The number of halogens is 2. The Morgan fingerprint density at radius 2 is 1.67 bits per heavy atom. The van der Waals surface area contributed by atoms with E-state index < -0.39 is 27.9 Å². The molecule has 0 aliphatic heterocycles. The molecule has 1 aliphatic rings. The third-order valence-electron chi connectivity index (χ3n) is 4.14. The topological polar surface area (TPSA) is 95.5 Å². The third-order valence-corrected chi connectivity index (χ3v) is 5.07. The van der Waals surface area contributed by atoms with E-state index in [9.17, 15) is 26.5 Å². The fourth-order valence-corrected chi connectivity index (χ4v) is 3.10. The van der Waals surface area contributed by atoms with Crippen LogP contribution in [0.1, 0.15) is 70.6 Å². The second-order valence-corrected chi connectivity index (χ2v) is 7.73. The van der Waals surface area contributed by atoms with Crippen LogP contribution in [-0.2, 0) is 14.9 Å². The standard InChI is InChI=1S/C15H27F2NO5S/c16-15(17,24(20,21)22)11-7-2-1-3-8-12-23-14(19)18-13-9-5-4-6-10-13/h13H,1-12H2,(H,18,19)(H,20,21,22)/p-1. The molecule has 0 bridgehead atoms. The van der Waals surface area contributed by atoms with E-state index in [1.807, 2.05) is 0 Å². The van der Waals surface area contributed by atoms with Gasteiger partial charge in [0.2, 0.25) is 0 Å². The van der Waals surface area contributed by atoms with Crippen molar-refractivity contribution in [3.8, 4) is 0 Å². The van der Waals surface area contributed by atoms with Gasteiger partial charge in [0.25, 0.3) is 0 Å². The van der Waals surface area contributed by atoms with Gasteiger partial charge >= 0.3 is 11.3 Å². The van der Waals surface area contributed by atoms with Crippen molar-refractivity contribution < 1.29 is 31.3 Å². The van der Waals surface area contributed by atoms with Crippen molar-refractivity contribution in [2.24, 2.45) is 0 Å². The summed E-state index contributed by atoms with van der Waals surface area (Å²) in [5.41, 5.74) is 0. The van der Waals surface area contributed by atoms with Gasteiger partial charge < -0.3 is 14.6 Å². The van der Waals surface area contributed by atoms with E-state index in [1.54, 1.807) is 0 Å². The first-order valence-electron chi connectivity index (χ1n) is 8.49. The Bertz CT molecular complexity index is 478. The Morgan fingerprint density at radius 1 is 1.08 bits per heavy atom. The molecular formula is C15H26F2NO5S-. The number of amides is 1. The van der Waals surface area contributed by atoms with E-state index in [0.29, 0.717) is 25.7 Å². The molecule has 0 saturated heterocycles. The molecule has 6 nitrogen and oxygen atoms in total. The molecule has 0 aromatic carbocycles. The SMILES string of the molecule is O=C(NC1CCCCC1)OCCCCCCCC(F)(F)S(=O)(=O)[O-]. The smallest absolute Gasteiger partial charge is 0.407 e. The maximum atomic E-state index is 12.9. The molecule has 0 aromatic heterocycles. The largest absolute Gasteiger partial charge is 0.743 e. The Labute approximate surface area is 142 Å². The fourth-order valence-electron chi connectivity index (χ4n) is 2.71. The van der Waals surface area contributed by atoms with Gasteiger partial charge in [0.1, 0.15) is 0 Å². The average Bonchev–Trinajstić information content (AvgIpc) is 2.49. The lowest BCUT2D eigenvalue weighted by molar-refractivity contribution is 0.0670. The number of rotatable bonds is 10. The summed E-state index contributed by atoms with van der Waals surface area (Å²) in [5, 5.41) is -1.36. The minimum atomic E-state index is -5.57. The average molecular weight is 370 g/mol. The maximum absolute atomic E-state index is 12.9. The highest BCUT2D eigenvalue weighted by molar-refractivity contribution is 7.86. The predicted molar refractivity (Wildman–Crippen MR) is 83.7 cm³/mol. The van der Waals surface area contributed by atoms with Crippen LogP contribution in [0.15, 0.2) is 0 Å². The summed E-state index contributed by atoms with van der Waals surface area (Å²) in [4.78, 5) is 11.5. The normalized spacial score (nSPS) is 16.8. The highest BCUT2D eigenvalue weighted by atomic mass is 32.2. The summed E-state index contributed by atoms with van der Waals surface area (Å²) < 4.78 is 61.7. The van der Waals surface area contributed by atoms with Gasteiger partial charge in [0, 0.05) is 12.5 Å². The van der Waals surface area contributed by atoms with Crippen LogP contribution >= 0.6 is 0 Å². The number of ether oxygens (including phenoxy) is 1. The van der Waals surface area contributed by atoms with Gasteiger partial charge in [0.05, 0.1) is 6.61 Å². The highest BCUT2D eigenvalue weighted by Crippen LogP contribution is 2.27. The molecule has 24 heavy (non-hydrogen) atoms. The first kappa shape index (κ1) is 21.1. The summed E-state index contributed by atoms with van der Waals surface area (Å²) >= 11 is 0. The molecule has 0 unspecified atom stereocenters. The number of alkyl carbamates (subject to hydrolysis) is 1. The molecule has 0 aromatic rings. The maximum Gasteiger partial charge on any atom is 0.407 e. The third kappa shape index (κ3) is 8.23. The monoisotopic (exact) mass is 370 g/mol. The van der Waals surface area contributed by atoms with E-state index in [1.165, 1.54) is 6.42 Å². The van der Waals surface area contributed by atoms with Crippen molar-refractivity contribution in [2.75, 3.05) is 6.61 Å². The molecule has 1 saturated carbocycles. The lowest BCUT2D eigenvalue weighted by Gasteiger charge is -2.22. The van der Waals surface area contributed by atoms with Crippen molar-refractivity contribution in [2.45, 2.75) is 81.9 Å². The van der Waals surface area contributed by atoms with Crippen LogP contribution < -0.4 is 5.32 Å². The zero-order valence-corrected chi connectivity index (χ0v) is 14.6. The van der Waals surface area contributed by atoms with Gasteiger partial charge in [-0.2, -0.15) is 8.78 Å². The van der Waals surface area contributed by atoms with Crippen LogP contribution in [-0.4, -0.2) is 37.0 Å². The summed E-state index contributed by atoms with van der Waals surface area (Å²) in [6, 6.07) is 0.199. The van der Waals surface area contributed by atoms with E-state index in [0.717, 1.165) is 25.7 Å². The van der Waals surface area contributed by atoms with Crippen molar-refractivity contribution in [3.05, 3.63) is 0 Å². The molecule has 0 spiro atoms. The van der Waals surface area contributed by atoms with Gasteiger partial charge in [-0.1, -0.05) is 38.5 Å². The molecule has 9 heteroatoms. The van der Waals surface area contributed by atoms with Gasteiger partial charge in [0.15, 0.2) is 10.1 Å². The molecule has 0 radical (unpaired) electrons. The molecule has 1 N–H and O–H groups in total. The molecule has 1 rings (SSSR count). The van der Waals surface area contributed by atoms with Gasteiger partial charge in [-0.15, -0.1) is 0 Å². The number of unbranched alkanes of at least 4 members (excludes halogenated alkanes) is 4. The van der Waals surface area contributed by atoms with Crippen molar-refractivity contribution >= 4 is 16.2 Å². The van der Waals surface area contributed by atoms with Gasteiger partial charge in [-0.25, -0.2) is 13.2 Å². The second-order valence-electron chi connectivity index (χ2n) is 6.22. The van der Waals surface area contributed by atoms with Gasteiger partial charge in [-0.3, -0.25) is 0 Å². The van der Waals surface area contributed by atoms with Crippen molar-refractivity contribution in [1.29, 1.82) is 0 Å². The van der Waals surface area contributed by atoms with Crippen molar-refractivity contribution in [1.82, 2.24) is 5.32 Å². The van der Waals surface area contributed by atoms with Crippen LogP contribution in [0.5, 0.6) is 0 Å². The Morgan fingerprint density at radius 3 is 2.29 bits per heavy atom. The summed E-state index contributed by atoms with van der Waals surface area (Å²) in [6.07, 6.45) is 6.36. The minimum absolute atomic E-state index is 0.0303. The zero-order chi connectivity index (χ0) is 18.1. The molecular weight excluding hydrogens is 344 g/mol. The zero-order valence-electron chi connectivity index (χ0n) is 13.8. The first-order valence-corrected chi connectivity index (χ1v) is 9.90. The van der Waals surface area contributed by atoms with E-state index in [4.69, 9.17) is 4.74 Å². The lowest BCUT2D eigenvalue weighted by atomic mass is 9.96. The summed E-state index contributed by atoms with van der Waals surface area (Å²) in [7, 11) is -5.57. The molecule has 1 amide bonds. The molecule has 142 valence electrons. The highest BCUT2D eigenvalue weighted by Gasteiger charge is 2.36. The van der Waals surface area contributed by atoms with Gasteiger partial charge in [-0.05, 0) is 25.7 Å². The Kier molecular flexibility index (Phi) is 8.90. The number of carbonyl (C=O) groups is 1. The summed E-state index contributed by atoms with van der Waals surface area (Å²) in [5.74, 6) is 0. The summed E-state index contributed by atoms with van der Waals surface area (Å²) in [6.45, 7) is 0.268. The first-order chi connectivity index (χ1) is 11.2. The number of alkyl halides is 2. The number of carbonyl (C=O) groups excluding carboxylic acids is 1. The molecule has 0 heterocycles. The lowest BCUT2D eigenvalue weighted by Crippen LogP contribution is -2.36. The van der Waals surface area contributed by atoms with Crippen LogP contribution in [0.3, 0.4) is 0 Å². The predicted octanol–water partition coefficient (Wildman–Crippen LogP) is 3.52. The van der Waals surface area contributed by atoms with E-state index >= 15 is 0 Å². The van der Waals surface area contributed by atoms with E-state index in [-0.39, 0.29) is 19.1 Å². The Balaban J connectivity index is 1.97.